The molecule has 0 spiro atoms. The lowest BCUT2D eigenvalue weighted by Gasteiger charge is -2.18. The predicted octanol–water partition coefficient (Wildman–Crippen LogP) is 6.80. The van der Waals surface area contributed by atoms with Gasteiger partial charge >= 0.3 is 7.60 Å². The lowest BCUT2D eigenvalue weighted by atomic mass is 9.86. The van der Waals surface area contributed by atoms with E-state index in [9.17, 15) is 9.46 Å². The fourth-order valence-electron chi connectivity index (χ4n) is 4.52. The molecule has 9 nitrogen and oxygen atoms in total. The number of nitrogens with zero attached hydrogens (tertiary/aromatic N) is 4. The van der Waals surface area contributed by atoms with Crippen LogP contribution in [0.25, 0.3) is 11.2 Å². The fourth-order valence-corrected chi connectivity index (χ4v) is 6.38. The predicted molar refractivity (Wildman–Crippen MR) is 164 cm³/mol. The third kappa shape index (κ3) is 12.9. The zero-order valence-electron chi connectivity index (χ0n) is 24.1. The number of ether oxygens (including phenoxy) is 1. The number of fused-ring (bicyclic) bond motifs is 1. The second-order valence-electron chi connectivity index (χ2n) is 10.8. The van der Waals surface area contributed by atoms with Crippen LogP contribution in [0.2, 0.25) is 0 Å². The van der Waals surface area contributed by atoms with Crippen molar-refractivity contribution >= 4 is 36.3 Å². The number of hydrogen-bond donors (Lipinski definition) is 2. The van der Waals surface area contributed by atoms with Gasteiger partial charge in [-0.25, -0.2) is 15.0 Å². The maximum absolute atomic E-state index is 12.3. The third-order valence-corrected chi connectivity index (χ3v) is 9.35. The number of hydrogen-bond acceptors (Lipinski definition) is 8. The largest absolute Gasteiger partial charge is 0.382 e. The van der Waals surface area contributed by atoms with Gasteiger partial charge in [0.15, 0.2) is 11.5 Å². The van der Waals surface area contributed by atoms with E-state index in [4.69, 9.17) is 15.0 Å². The Morgan fingerprint density at radius 3 is 2.50 bits per heavy atom. The van der Waals surface area contributed by atoms with Crippen molar-refractivity contribution in [1.29, 1.82) is 0 Å². The molecular formula is C29H48N5O4PS. The summed E-state index contributed by atoms with van der Waals surface area (Å²) in [6.45, 7) is 2.50. The van der Waals surface area contributed by atoms with E-state index in [1.54, 1.807) is 10.9 Å². The molecular weight excluding hydrogens is 545 g/mol. The highest BCUT2D eigenvalue weighted by Gasteiger charge is 2.21. The van der Waals surface area contributed by atoms with Crippen molar-refractivity contribution in [2.45, 2.75) is 109 Å². The van der Waals surface area contributed by atoms with Crippen molar-refractivity contribution < 1.29 is 18.7 Å². The van der Waals surface area contributed by atoms with Gasteiger partial charge in [0.1, 0.15) is 18.2 Å². The number of nitrogen functional groups attached to an aromatic ring is 1. The Bertz CT molecular complexity index is 1100. The molecule has 1 fully saturated rings. The summed E-state index contributed by atoms with van der Waals surface area (Å²) in [6.07, 6.45) is 20.0. The summed E-state index contributed by atoms with van der Waals surface area (Å²) in [4.78, 5) is 22.4. The molecule has 1 saturated carbocycles. The molecule has 3 rings (SSSR count). The molecule has 0 radical (unpaired) electrons. The van der Waals surface area contributed by atoms with Gasteiger partial charge in [0, 0.05) is 12.3 Å². The standard InChI is InChI=1S/C29H48N5O4PS/c1-25(21-34-23-33-27-28(30)31-22-32-29(27)34)37-24-39(35,36)38-18-14-20-40-19-12-10-8-6-4-2-3-5-7-9-11-15-26-16-13-17-26/h22-23,25-26H,2-10,12-14,16-21,24H2,1H3,(H,35,36)(H2,30,31,32)/t25-/m1/s1. The summed E-state index contributed by atoms with van der Waals surface area (Å²) >= 11 is 1.89. The zero-order chi connectivity index (χ0) is 28.5. The third-order valence-electron chi connectivity index (χ3n) is 7.13. The van der Waals surface area contributed by atoms with Crippen LogP contribution in [0.4, 0.5) is 5.82 Å². The van der Waals surface area contributed by atoms with Crippen LogP contribution in [-0.4, -0.2) is 55.0 Å². The molecule has 0 amide bonds. The van der Waals surface area contributed by atoms with E-state index in [1.165, 1.54) is 83.4 Å². The molecule has 0 bridgehead atoms. The number of rotatable bonds is 21. The van der Waals surface area contributed by atoms with Crippen LogP contribution < -0.4 is 5.73 Å². The number of unbranched alkanes of at least 4 members (excludes halogenated alkanes) is 9. The van der Waals surface area contributed by atoms with Crippen molar-refractivity contribution in [2.75, 3.05) is 30.2 Å². The number of imidazole rings is 1. The first-order valence-electron chi connectivity index (χ1n) is 15.0. The Kier molecular flexibility index (Phi) is 15.4. The van der Waals surface area contributed by atoms with E-state index >= 15 is 0 Å². The number of aromatic nitrogens is 4. The minimum Gasteiger partial charge on any atom is -0.382 e. The first-order chi connectivity index (χ1) is 19.4. The van der Waals surface area contributed by atoms with E-state index in [2.05, 4.69) is 26.8 Å². The van der Waals surface area contributed by atoms with Crippen molar-refractivity contribution in [3.8, 4) is 11.8 Å². The highest BCUT2D eigenvalue weighted by atomic mass is 32.2. The molecule has 1 aliphatic carbocycles. The van der Waals surface area contributed by atoms with Crippen molar-refractivity contribution in [3.05, 3.63) is 12.7 Å². The number of thioether (sulfide) groups is 1. The molecule has 2 aromatic rings. The Balaban J connectivity index is 1.08. The highest BCUT2D eigenvalue weighted by Crippen LogP contribution is 2.42. The molecule has 2 atom stereocenters. The molecule has 0 saturated heterocycles. The SMILES string of the molecule is C[C@H](Cn1cnc2c(N)ncnc21)OCP(=O)(O)OCCCSCCCCCCCCCCCC#CC1CCC1. The van der Waals surface area contributed by atoms with Crippen LogP contribution in [-0.2, 0) is 20.4 Å². The van der Waals surface area contributed by atoms with Crippen molar-refractivity contribution in [2.24, 2.45) is 5.92 Å². The van der Waals surface area contributed by atoms with Crippen LogP contribution in [0.1, 0.15) is 96.8 Å². The van der Waals surface area contributed by atoms with E-state index in [0.717, 1.165) is 30.3 Å². The molecule has 0 aromatic carbocycles. The van der Waals surface area contributed by atoms with Gasteiger partial charge in [-0.05, 0) is 50.5 Å². The quantitative estimate of drug-likeness (QED) is 0.0913. The molecule has 0 aliphatic heterocycles. The van der Waals surface area contributed by atoms with Gasteiger partial charge in [0.05, 0.1) is 25.6 Å². The summed E-state index contributed by atoms with van der Waals surface area (Å²) < 4.78 is 24.9. The molecule has 2 heterocycles. The van der Waals surface area contributed by atoms with E-state index in [0.29, 0.717) is 23.5 Å². The second kappa shape index (κ2) is 18.7. The van der Waals surface area contributed by atoms with Gasteiger partial charge < -0.3 is 24.5 Å². The molecule has 1 unspecified atom stereocenters. The zero-order valence-corrected chi connectivity index (χ0v) is 25.8. The van der Waals surface area contributed by atoms with E-state index < -0.39 is 7.60 Å². The highest BCUT2D eigenvalue weighted by molar-refractivity contribution is 7.99. The molecule has 224 valence electrons. The Morgan fingerprint density at radius 2 is 1.77 bits per heavy atom. The number of anilines is 1. The van der Waals surface area contributed by atoms with Gasteiger partial charge in [0.2, 0.25) is 0 Å². The minimum absolute atomic E-state index is 0.258. The average molecular weight is 594 g/mol. The number of nitrogens with two attached hydrogens (primary N) is 1. The van der Waals surface area contributed by atoms with Crippen LogP contribution in [0.15, 0.2) is 12.7 Å². The van der Waals surface area contributed by atoms with Crippen molar-refractivity contribution in [3.63, 3.8) is 0 Å². The Morgan fingerprint density at radius 1 is 1.07 bits per heavy atom. The minimum atomic E-state index is -3.79. The fraction of sp³-hybridized carbons (Fsp3) is 0.759. The van der Waals surface area contributed by atoms with E-state index in [1.807, 2.05) is 18.7 Å². The first-order valence-corrected chi connectivity index (χ1v) is 17.9. The first kappa shape index (κ1) is 32.9. The van der Waals surface area contributed by atoms with Crippen LogP contribution in [0.5, 0.6) is 0 Å². The summed E-state index contributed by atoms with van der Waals surface area (Å²) in [7, 11) is -3.79. The summed E-state index contributed by atoms with van der Waals surface area (Å²) in [5.41, 5.74) is 6.94. The average Bonchev–Trinajstić information content (AvgIpc) is 3.31. The van der Waals surface area contributed by atoms with Crippen molar-refractivity contribution in [1.82, 2.24) is 19.5 Å². The van der Waals surface area contributed by atoms with Gasteiger partial charge in [0.25, 0.3) is 0 Å². The summed E-state index contributed by atoms with van der Waals surface area (Å²) in [5, 5.41) is 0. The molecule has 1 aliphatic rings. The van der Waals surface area contributed by atoms with Gasteiger partial charge in [-0.15, -0.1) is 5.92 Å². The summed E-state index contributed by atoms with van der Waals surface area (Å²) in [5.74, 6) is 9.87. The second-order valence-corrected chi connectivity index (χ2v) is 13.8. The Labute approximate surface area is 244 Å². The maximum Gasteiger partial charge on any atom is 0.353 e. The van der Waals surface area contributed by atoms with Crippen LogP contribution in [0, 0.1) is 17.8 Å². The van der Waals surface area contributed by atoms with Gasteiger partial charge in [-0.3, -0.25) is 4.57 Å². The van der Waals surface area contributed by atoms with Gasteiger partial charge in [-0.2, -0.15) is 11.8 Å². The maximum atomic E-state index is 12.3. The lowest BCUT2D eigenvalue weighted by molar-refractivity contribution is 0.0718. The van der Waals surface area contributed by atoms with Crippen LogP contribution in [0.3, 0.4) is 0 Å². The topological polar surface area (TPSA) is 125 Å². The molecule has 40 heavy (non-hydrogen) atoms. The molecule has 3 N–H and O–H groups in total. The molecule has 2 aromatic heterocycles. The lowest BCUT2D eigenvalue weighted by Crippen LogP contribution is -2.17. The Hall–Kier alpha value is -1.63. The van der Waals surface area contributed by atoms with E-state index in [-0.39, 0.29) is 19.1 Å². The smallest absolute Gasteiger partial charge is 0.353 e. The summed E-state index contributed by atoms with van der Waals surface area (Å²) in [6, 6.07) is 0. The molecule has 11 heteroatoms. The van der Waals surface area contributed by atoms with Crippen LogP contribution >= 0.6 is 19.4 Å². The monoisotopic (exact) mass is 593 g/mol. The normalized spacial score (nSPS) is 15.8. The van der Waals surface area contributed by atoms with Gasteiger partial charge in [-0.1, -0.05) is 57.3 Å².